The predicted molar refractivity (Wildman–Crippen MR) is 177 cm³/mol. The van der Waals surface area contributed by atoms with Crippen LogP contribution in [0.25, 0.3) is 0 Å². The maximum absolute atomic E-state index is 10.1. The summed E-state index contributed by atoms with van der Waals surface area (Å²) in [5, 5.41) is 40.2. The van der Waals surface area contributed by atoms with Crippen molar-refractivity contribution in [3.8, 4) is 17.2 Å². The van der Waals surface area contributed by atoms with E-state index in [1.165, 1.54) is 16.7 Å². The van der Waals surface area contributed by atoms with E-state index >= 15 is 0 Å². The van der Waals surface area contributed by atoms with Crippen LogP contribution in [0.1, 0.15) is 95.2 Å². The molecular formula is C40H48O4. The van der Waals surface area contributed by atoms with Crippen LogP contribution < -0.4 is 0 Å². The van der Waals surface area contributed by atoms with Crippen molar-refractivity contribution in [2.24, 2.45) is 22.7 Å². The van der Waals surface area contributed by atoms with E-state index in [0.717, 1.165) is 57.8 Å². The molecule has 232 valence electrons. The Bertz CT molecular complexity index is 1450. The standard InChI is InChI=1S/C40H48O4/c1-37(2,28-16-24-39(25-17-28,30-4-10-33(41)11-5-30)31-6-12-34(42)13-7-31)29-18-26-40(27-19-29,32-8-14-35(43)15-9-32)38(3)22-20-36(44)21-23-38/h4-15,20-22,28-29,41-44H,16-19,23-27H2,1-3H3. The molecule has 3 aliphatic carbocycles. The van der Waals surface area contributed by atoms with Gasteiger partial charge in [0.15, 0.2) is 0 Å². The molecule has 0 amide bonds. The SMILES string of the molecule is CC(C)(C1CCC(c2ccc(O)cc2)(c2ccc(O)cc2)CC1)C1CCC(c2ccc(O)cc2)(C2(C)C=CC(O)=CC2)CC1. The Balaban J connectivity index is 1.23. The Morgan fingerprint density at radius 1 is 0.591 bits per heavy atom. The van der Waals surface area contributed by atoms with Crippen molar-refractivity contribution in [2.75, 3.05) is 0 Å². The lowest BCUT2D eigenvalue weighted by molar-refractivity contribution is 0.0119. The quantitative estimate of drug-likeness (QED) is 0.230. The minimum atomic E-state index is -0.129. The Hall–Kier alpha value is -3.66. The summed E-state index contributed by atoms with van der Waals surface area (Å²) >= 11 is 0. The Labute approximate surface area is 262 Å². The molecule has 44 heavy (non-hydrogen) atoms. The van der Waals surface area contributed by atoms with Crippen molar-refractivity contribution in [1.29, 1.82) is 0 Å². The van der Waals surface area contributed by atoms with Crippen molar-refractivity contribution in [1.82, 2.24) is 0 Å². The summed E-state index contributed by atoms with van der Waals surface area (Å²) in [6.45, 7) is 7.36. The second-order valence-electron chi connectivity index (χ2n) is 14.8. The van der Waals surface area contributed by atoms with E-state index in [-0.39, 0.29) is 33.2 Å². The Kier molecular flexibility index (Phi) is 7.84. The van der Waals surface area contributed by atoms with E-state index in [2.05, 4.69) is 63.2 Å². The van der Waals surface area contributed by atoms with E-state index < -0.39 is 0 Å². The molecule has 3 aliphatic rings. The van der Waals surface area contributed by atoms with Crippen molar-refractivity contribution >= 4 is 0 Å². The van der Waals surface area contributed by atoms with Crippen LogP contribution in [0.4, 0.5) is 0 Å². The summed E-state index contributed by atoms with van der Waals surface area (Å²) in [5.41, 5.74) is 3.67. The van der Waals surface area contributed by atoms with Gasteiger partial charge in [-0.15, -0.1) is 0 Å². The maximum Gasteiger partial charge on any atom is 0.115 e. The van der Waals surface area contributed by atoms with E-state index in [1.54, 1.807) is 24.3 Å². The van der Waals surface area contributed by atoms with Gasteiger partial charge in [-0.3, -0.25) is 0 Å². The zero-order valence-electron chi connectivity index (χ0n) is 26.5. The minimum Gasteiger partial charge on any atom is -0.508 e. The van der Waals surface area contributed by atoms with Crippen molar-refractivity contribution in [3.63, 3.8) is 0 Å². The molecule has 6 rings (SSSR count). The minimum absolute atomic E-state index is 0.0551. The zero-order chi connectivity index (χ0) is 31.2. The molecule has 4 N–H and O–H groups in total. The number of aromatic hydroxyl groups is 3. The van der Waals surface area contributed by atoms with Gasteiger partial charge in [-0.2, -0.15) is 0 Å². The van der Waals surface area contributed by atoms with Gasteiger partial charge in [0.2, 0.25) is 0 Å². The molecule has 0 bridgehead atoms. The van der Waals surface area contributed by atoms with Gasteiger partial charge in [-0.25, -0.2) is 0 Å². The molecule has 1 unspecified atom stereocenters. The summed E-state index contributed by atoms with van der Waals surface area (Å²) in [7, 11) is 0. The molecule has 1 atom stereocenters. The van der Waals surface area contributed by atoms with Gasteiger partial charge in [-0.1, -0.05) is 63.2 Å². The third-order valence-electron chi connectivity index (χ3n) is 12.5. The van der Waals surface area contributed by atoms with Gasteiger partial charge in [0.1, 0.15) is 23.0 Å². The summed E-state index contributed by atoms with van der Waals surface area (Å²) in [4.78, 5) is 0. The Morgan fingerprint density at radius 3 is 1.41 bits per heavy atom. The van der Waals surface area contributed by atoms with Crippen molar-refractivity contribution < 1.29 is 20.4 Å². The molecule has 0 saturated heterocycles. The molecule has 2 fully saturated rings. The molecule has 0 spiro atoms. The summed E-state index contributed by atoms with van der Waals surface area (Å²) in [5.74, 6) is 2.46. The fourth-order valence-electron chi connectivity index (χ4n) is 9.39. The molecule has 0 aliphatic heterocycles. The van der Waals surface area contributed by atoms with Gasteiger partial charge < -0.3 is 20.4 Å². The highest BCUT2D eigenvalue weighted by Crippen LogP contribution is 2.60. The molecule has 0 heterocycles. The number of hydrogen-bond donors (Lipinski definition) is 4. The van der Waals surface area contributed by atoms with Crippen LogP contribution in [0, 0.1) is 22.7 Å². The first-order chi connectivity index (χ1) is 21.0. The molecule has 4 nitrogen and oxygen atoms in total. The lowest BCUT2D eigenvalue weighted by Crippen LogP contribution is -2.48. The lowest BCUT2D eigenvalue weighted by atomic mass is 9.48. The van der Waals surface area contributed by atoms with Crippen LogP contribution in [-0.4, -0.2) is 20.4 Å². The van der Waals surface area contributed by atoms with Gasteiger partial charge in [-0.05, 0) is 146 Å². The van der Waals surface area contributed by atoms with Crippen molar-refractivity contribution in [2.45, 2.75) is 89.4 Å². The highest BCUT2D eigenvalue weighted by atomic mass is 16.3. The fourth-order valence-corrected chi connectivity index (χ4v) is 9.39. The highest BCUT2D eigenvalue weighted by Gasteiger charge is 2.52. The second kappa shape index (κ2) is 11.4. The number of phenolic OH excluding ortho intramolecular Hbond substituents is 3. The molecular weight excluding hydrogens is 544 g/mol. The van der Waals surface area contributed by atoms with Gasteiger partial charge in [0.25, 0.3) is 0 Å². The van der Waals surface area contributed by atoms with Crippen LogP contribution in [0.5, 0.6) is 17.2 Å². The topological polar surface area (TPSA) is 80.9 Å². The number of benzene rings is 3. The average Bonchev–Trinajstić information content (AvgIpc) is 3.03. The normalized spacial score (nSPS) is 27.5. The largest absolute Gasteiger partial charge is 0.508 e. The molecule has 0 aromatic heterocycles. The number of aliphatic hydroxyl groups is 1. The van der Waals surface area contributed by atoms with E-state index in [4.69, 9.17) is 0 Å². The third kappa shape index (κ3) is 5.21. The second-order valence-corrected chi connectivity index (χ2v) is 14.8. The Morgan fingerprint density at radius 2 is 1.00 bits per heavy atom. The summed E-state index contributed by atoms with van der Waals surface area (Å²) in [6.07, 6.45) is 15.7. The lowest BCUT2D eigenvalue weighted by Gasteiger charge is -2.55. The number of aliphatic hydroxyl groups excluding tert-OH is 1. The number of hydrogen-bond acceptors (Lipinski definition) is 4. The fraction of sp³-hybridized carbons (Fsp3) is 0.450. The van der Waals surface area contributed by atoms with Gasteiger partial charge >= 0.3 is 0 Å². The van der Waals surface area contributed by atoms with Crippen LogP contribution >= 0.6 is 0 Å². The smallest absolute Gasteiger partial charge is 0.115 e. The van der Waals surface area contributed by atoms with E-state index in [1.807, 2.05) is 24.3 Å². The zero-order valence-corrected chi connectivity index (χ0v) is 26.5. The van der Waals surface area contributed by atoms with E-state index in [9.17, 15) is 20.4 Å². The third-order valence-corrected chi connectivity index (χ3v) is 12.5. The molecule has 3 aromatic carbocycles. The molecule has 3 aromatic rings. The van der Waals surface area contributed by atoms with Gasteiger partial charge in [0, 0.05) is 10.8 Å². The van der Waals surface area contributed by atoms with Crippen LogP contribution in [-0.2, 0) is 10.8 Å². The van der Waals surface area contributed by atoms with Crippen molar-refractivity contribution in [3.05, 3.63) is 113 Å². The molecule has 4 heteroatoms. The predicted octanol–water partition coefficient (Wildman–Crippen LogP) is 9.84. The average molecular weight is 593 g/mol. The maximum atomic E-state index is 10.1. The number of phenols is 3. The van der Waals surface area contributed by atoms with Gasteiger partial charge in [0.05, 0.1) is 0 Å². The van der Waals surface area contributed by atoms with Crippen LogP contribution in [0.2, 0.25) is 0 Å². The first-order valence-corrected chi connectivity index (χ1v) is 16.4. The van der Waals surface area contributed by atoms with Crippen LogP contribution in [0.3, 0.4) is 0 Å². The summed E-state index contributed by atoms with van der Waals surface area (Å²) in [6, 6.07) is 23.4. The number of allylic oxidation sites excluding steroid dienone is 3. The van der Waals surface area contributed by atoms with E-state index in [0.29, 0.717) is 23.3 Å². The first kappa shape index (κ1) is 30.4. The molecule has 0 radical (unpaired) electrons. The first-order valence-electron chi connectivity index (χ1n) is 16.4. The monoisotopic (exact) mass is 592 g/mol. The highest BCUT2D eigenvalue weighted by molar-refractivity contribution is 5.44. The van der Waals surface area contributed by atoms with Crippen LogP contribution in [0.15, 0.2) is 96.8 Å². The number of rotatable bonds is 6. The molecule has 2 saturated carbocycles. The summed E-state index contributed by atoms with van der Waals surface area (Å²) < 4.78 is 0.